The number of nitrogens with zero attached hydrogens (tertiary/aromatic N) is 1. The van der Waals surface area contributed by atoms with Gasteiger partial charge in [0, 0.05) is 19.1 Å². The first kappa shape index (κ1) is 15.8. The highest BCUT2D eigenvalue weighted by Crippen LogP contribution is 2.21. The number of hydrogen-bond donors (Lipinski definition) is 2. The van der Waals surface area contributed by atoms with Gasteiger partial charge in [-0.25, -0.2) is 0 Å². The van der Waals surface area contributed by atoms with E-state index in [0.29, 0.717) is 12.3 Å². The van der Waals surface area contributed by atoms with Crippen molar-refractivity contribution < 1.29 is 14.3 Å². The number of aliphatic hydroxyl groups excluding tert-OH is 1. The number of likely N-dealkylation sites (tertiary alicyclic amines) is 1. The summed E-state index contributed by atoms with van der Waals surface area (Å²) in [5.41, 5.74) is 2.28. The third kappa shape index (κ3) is 3.81. The molecule has 5 heteroatoms. The maximum Gasteiger partial charge on any atom is 0.287 e. The molecular formula is C18H22N2O3. The summed E-state index contributed by atoms with van der Waals surface area (Å²) in [7, 11) is 0. The fourth-order valence-electron chi connectivity index (χ4n) is 3.08. The van der Waals surface area contributed by atoms with Crippen LogP contribution >= 0.6 is 0 Å². The molecule has 0 radical (unpaired) electrons. The third-order valence-corrected chi connectivity index (χ3v) is 4.39. The molecule has 1 saturated heterocycles. The van der Waals surface area contributed by atoms with Crippen molar-refractivity contribution in [2.75, 3.05) is 13.2 Å². The van der Waals surface area contributed by atoms with E-state index in [1.54, 1.807) is 12.1 Å². The van der Waals surface area contributed by atoms with E-state index in [0.717, 1.165) is 31.5 Å². The van der Waals surface area contributed by atoms with Gasteiger partial charge < -0.3 is 14.8 Å². The van der Waals surface area contributed by atoms with Crippen LogP contribution in [0.2, 0.25) is 0 Å². The fourth-order valence-corrected chi connectivity index (χ4v) is 3.08. The molecule has 3 rings (SSSR count). The van der Waals surface area contributed by atoms with Crippen LogP contribution in [0, 0.1) is 0 Å². The standard InChI is InChI=1S/C18H22N2O3/c21-13-16-7-3-9-20(16)12-15-6-2-1-5-14(15)11-19-18(22)17-8-4-10-23-17/h1-2,4-6,8,10,16,21H,3,7,9,11-13H2,(H,19,22)/t16-/m0/s1. The Labute approximate surface area is 135 Å². The highest BCUT2D eigenvalue weighted by molar-refractivity contribution is 5.91. The van der Waals surface area contributed by atoms with Crippen molar-refractivity contribution in [2.24, 2.45) is 0 Å². The number of amides is 1. The summed E-state index contributed by atoms with van der Waals surface area (Å²) in [4.78, 5) is 14.3. The van der Waals surface area contributed by atoms with Crippen LogP contribution in [0.25, 0.3) is 0 Å². The lowest BCUT2D eigenvalue weighted by Gasteiger charge is -2.24. The van der Waals surface area contributed by atoms with Gasteiger partial charge in [0.15, 0.2) is 5.76 Å². The average Bonchev–Trinajstić information content (AvgIpc) is 3.25. The molecule has 2 aromatic rings. The van der Waals surface area contributed by atoms with Crippen LogP contribution in [-0.2, 0) is 13.1 Å². The lowest BCUT2D eigenvalue weighted by atomic mass is 10.1. The van der Waals surface area contributed by atoms with Gasteiger partial charge in [-0.05, 0) is 42.6 Å². The molecule has 1 amide bonds. The largest absolute Gasteiger partial charge is 0.459 e. The first-order valence-corrected chi connectivity index (χ1v) is 8.01. The van der Waals surface area contributed by atoms with E-state index in [1.165, 1.54) is 11.8 Å². The normalized spacial score (nSPS) is 18.2. The lowest BCUT2D eigenvalue weighted by molar-refractivity contribution is 0.0923. The van der Waals surface area contributed by atoms with Gasteiger partial charge in [-0.3, -0.25) is 9.69 Å². The highest BCUT2D eigenvalue weighted by Gasteiger charge is 2.24. The summed E-state index contributed by atoms with van der Waals surface area (Å²) < 4.78 is 5.10. The number of rotatable bonds is 6. The van der Waals surface area contributed by atoms with Crippen molar-refractivity contribution >= 4 is 5.91 Å². The second kappa shape index (κ2) is 7.44. The van der Waals surface area contributed by atoms with E-state index in [4.69, 9.17) is 4.42 Å². The summed E-state index contributed by atoms with van der Waals surface area (Å²) in [6.45, 7) is 2.49. The molecule has 1 aliphatic rings. The molecule has 1 atom stereocenters. The fraction of sp³-hybridized carbons (Fsp3) is 0.389. The number of furan rings is 1. The summed E-state index contributed by atoms with van der Waals surface area (Å²) in [5, 5.41) is 12.3. The zero-order valence-corrected chi connectivity index (χ0v) is 13.1. The van der Waals surface area contributed by atoms with Crippen molar-refractivity contribution in [2.45, 2.75) is 32.0 Å². The Morgan fingerprint density at radius 3 is 2.83 bits per heavy atom. The second-order valence-corrected chi connectivity index (χ2v) is 5.88. The summed E-state index contributed by atoms with van der Waals surface area (Å²) in [6.07, 6.45) is 3.67. The molecular weight excluding hydrogens is 292 g/mol. The van der Waals surface area contributed by atoms with E-state index >= 15 is 0 Å². The van der Waals surface area contributed by atoms with Crippen molar-refractivity contribution in [3.63, 3.8) is 0 Å². The minimum absolute atomic E-state index is 0.206. The first-order valence-electron chi connectivity index (χ1n) is 8.01. The molecule has 5 nitrogen and oxygen atoms in total. The highest BCUT2D eigenvalue weighted by atomic mass is 16.3. The van der Waals surface area contributed by atoms with Crippen LogP contribution < -0.4 is 5.32 Å². The van der Waals surface area contributed by atoms with Gasteiger partial charge >= 0.3 is 0 Å². The molecule has 0 aliphatic carbocycles. The van der Waals surface area contributed by atoms with Crippen LogP contribution in [0.3, 0.4) is 0 Å². The maximum absolute atomic E-state index is 12.0. The molecule has 23 heavy (non-hydrogen) atoms. The Balaban J connectivity index is 1.65. The van der Waals surface area contributed by atoms with Crippen LogP contribution in [0.1, 0.15) is 34.5 Å². The quantitative estimate of drug-likeness (QED) is 0.857. The average molecular weight is 314 g/mol. The second-order valence-electron chi connectivity index (χ2n) is 5.88. The van der Waals surface area contributed by atoms with Crippen molar-refractivity contribution in [3.8, 4) is 0 Å². The van der Waals surface area contributed by atoms with E-state index in [2.05, 4.69) is 16.3 Å². The molecule has 122 valence electrons. The topological polar surface area (TPSA) is 65.7 Å². The Hall–Kier alpha value is -2.11. The molecule has 1 aromatic heterocycles. The summed E-state index contributed by atoms with van der Waals surface area (Å²) >= 11 is 0. The Kier molecular flexibility index (Phi) is 5.10. The van der Waals surface area contributed by atoms with Crippen molar-refractivity contribution in [1.29, 1.82) is 0 Å². The number of benzene rings is 1. The molecule has 0 unspecified atom stereocenters. The van der Waals surface area contributed by atoms with Crippen molar-refractivity contribution in [3.05, 3.63) is 59.5 Å². The van der Waals surface area contributed by atoms with Crippen LogP contribution in [0.5, 0.6) is 0 Å². The summed E-state index contributed by atoms with van der Waals surface area (Å²) in [6, 6.07) is 11.7. The number of aliphatic hydroxyl groups is 1. The van der Waals surface area contributed by atoms with Gasteiger partial charge in [-0.1, -0.05) is 24.3 Å². The molecule has 0 bridgehead atoms. The van der Waals surface area contributed by atoms with Gasteiger partial charge in [0.1, 0.15) is 0 Å². The van der Waals surface area contributed by atoms with Crippen LogP contribution in [-0.4, -0.2) is 35.1 Å². The minimum atomic E-state index is -0.209. The molecule has 1 aromatic carbocycles. The molecule has 2 heterocycles. The number of nitrogens with one attached hydrogen (secondary N) is 1. The van der Waals surface area contributed by atoms with Crippen molar-refractivity contribution in [1.82, 2.24) is 10.2 Å². The zero-order valence-electron chi connectivity index (χ0n) is 13.1. The minimum Gasteiger partial charge on any atom is -0.459 e. The molecule has 2 N–H and O–H groups in total. The van der Waals surface area contributed by atoms with E-state index in [1.807, 2.05) is 18.2 Å². The summed E-state index contributed by atoms with van der Waals surface area (Å²) in [5.74, 6) is 0.113. The molecule has 1 fully saturated rings. The molecule has 0 saturated carbocycles. The Morgan fingerprint density at radius 1 is 1.26 bits per heavy atom. The smallest absolute Gasteiger partial charge is 0.287 e. The van der Waals surface area contributed by atoms with Gasteiger partial charge in [0.25, 0.3) is 5.91 Å². The van der Waals surface area contributed by atoms with Gasteiger partial charge in [0.2, 0.25) is 0 Å². The van der Waals surface area contributed by atoms with E-state index in [-0.39, 0.29) is 18.6 Å². The maximum atomic E-state index is 12.0. The van der Waals surface area contributed by atoms with Crippen LogP contribution in [0.15, 0.2) is 47.1 Å². The monoisotopic (exact) mass is 314 g/mol. The number of carbonyl (C=O) groups is 1. The van der Waals surface area contributed by atoms with Crippen LogP contribution in [0.4, 0.5) is 0 Å². The third-order valence-electron chi connectivity index (χ3n) is 4.39. The zero-order chi connectivity index (χ0) is 16.1. The SMILES string of the molecule is O=C(NCc1ccccc1CN1CCC[C@H]1CO)c1ccco1. The molecule has 1 aliphatic heterocycles. The van der Waals surface area contributed by atoms with Gasteiger partial charge in [0.05, 0.1) is 12.9 Å². The van der Waals surface area contributed by atoms with Gasteiger partial charge in [-0.2, -0.15) is 0 Å². The first-order chi connectivity index (χ1) is 11.3. The number of hydrogen-bond acceptors (Lipinski definition) is 4. The Bertz CT molecular complexity index is 639. The van der Waals surface area contributed by atoms with E-state index < -0.39 is 0 Å². The lowest BCUT2D eigenvalue weighted by Crippen LogP contribution is -2.32. The molecule has 0 spiro atoms. The predicted octanol–water partition coefficient (Wildman–Crippen LogP) is 2.17. The predicted molar refractivity (Wildman–Crippen MR) is 86.8 cm³/mol. The van der Waals surface area contributed by atoms with E-state index in [9.17, 15) is 9.90 Å². The number of carbonyl (C=O) groups excluding carboxylic acids is 1. The van der Waals surface area contributed by atoms with Gasteiger partial charge in [-0.15, -0.1) is 0 Å². The Morgan fingerprint density at radius 2 is 2.09 bits per heavy atom.